The molecule has 24 heavy (non-hydrogen) atoms. The standard InChI is InChI=1S/C17H18N6O/c1-11-21-13-5-4-12(6-7-17(2,3)9-24)8-14(13)23(11)16-20-10-19-15(18)22-16/h4-5,8,10,24H,9H2,1-3H3,(H2,18,19,20,22). The summed E-state index contributed by atoms with van der Waals surface area (Å²) in [4.78, 5) is 16.7. The zero-order valence-corrected chi connectivity index (χ0v) is 13.8. The highest BCUT2D eigenvalue weighted by molar-refractivity contribution is 5.79. The van der Waals surface area contributed by atoms with E-state index in [4.69, 9.17) is 5.73 Å². The van der Waals surface area contributed by atoms with Gasteiger partial charge in [-0.05, 0) is 39.0 Å². The molecule has 0 amide bonds. The van der Waals surface area contributed by atoms with Crippen LogP contribution in [0.5, 0.6) is 0 Å². The van der Waals surface area contributed by atoms with E-state index in [-0.39, 0.29) is 12.6 Å². The van der Waals surface area contributed by atoms with E-state index in [1.807, 2.05) is 43.5 Å². The van der Waals surface area contributed by atoms with Gasteiger partial charge in [0.1, 0.15) is 12.2 Å². The lowest BCUT2D eigenvalue weighted by Gasteiger charge is -2.11. The van der Waals surface area contributed by atoms with Gasteiger partial charge in [-0.15, -0.1) is 0 Å². The first-order valence-electron chi connectivity index (χ1n) is 7.48. The number of aromatic nitrogens is 5. The van der Waals surface area contributed by atoms with Gasteiger partial charge in [-0.3, -0.25) is 4.57 Å². The Labute approximate surface area is 139 Å². The molecule has 0 spiro atoms. The van der Waals surface area contributed by atoms with Crippen LogP contribution < -0.4 is 5.73 Å². The zero-order chi connectivity index (χ0) is 17.3. The van der Waals surface area contributed by atoms with Crippen molar-refractivity contribution in [2.24, 2.45) is 5.41 Å². The van der Waals surface area contributed by atoms with Crippen molar-refractivity contribution in [3.63, 3.8) is 0 Å². The Balaban J connectivity index is 2.14. The number of nitrogens with two attached hydrogens (primary N) is 1. The molecule has 0 saturated heterocycles. The molecule has 3 rings (SSSR count). The predicted octanol–water partition coefficient (Wildman–Crippen LogP) is 1.47. The molecule has 2 heterocycles. The van der Waals surface area contributed by atoms with Crippen molar-refractivity contribution in [1.29, 1.82) is 0 Å². The van der Waals surface area contributed by atoms with Gasteiger partial charge < -0.3 is 10.8 Å². The van der Waals surface area contributed by atoms with Gasteiger partial charge in [0.05, 0.1) is 17.6 Å². The Morgan fingerprint density at radius 2 is 2.04 bits per heavy atom. The summed E-state index contributed by atoms with van der Waals surface area (Å²) >= 11 is 0. The minimum atomic E-state index is -0.451. The molecular formula is C17H18N6O. The zero-order valence-electron chi connectivity index (χ0n) is 13.8. The first-order valence-corrected chi connectivity index (χ1v) is 7.48. The Kier molecular flexibility index (Phi) is 3.91. The summed E-state index contributed by atoms with van der Waals surface area (Å²) in [6.45, 7) is 5.66. The molecule has 122 valence electrons. The minimum absolute atomic E-state index is 0.00339. The Morgan fingerprint density at radius 1 is 1.25 bits per heavy atom. The van der Waals surface area contributed by atoms with Gasteiger partial charge in [0.15, 0.2) is 0 Å². The van der Waals surface area contributed by atoms with Crippen molar-refractivity contribution in [3.8, 4) is 17.8 Å². The summed E-state index contributed by atoms with van der Waals surface area (Å²) in [7, 11) is 0. The Bertz CT molecular complexity index is 964. The second kappa shape index (κ2) is 5.91. The number of aliphatic hydroxyl groups excluding tert-OH is 1. The molecule has 7 nitrogen and oxygen atoms in total. The van der Waals surface area contributed by atoms with Crippen molar-refractivity contribution >= 4 is 17.0 Å². The summed E-state index contributed by atoms with van der Waals surface area (Å²) in [5.41, 5.74) is 7.69. The summed E-state index contributed by atoms with van der Waals surface area (Å²) in [5, 5.41) is 9.32. The molecule has 0 aliphatic rings. The van der Waals surface area contributed by atoms with Crippen LogP contribution in [0.1, 0.15) is 25.2 Å². The van der Waals surface area contributed by atoms with E-state index in [2.05, 4.69) is 31.8 Å². The summed E-state index contributed by atoms with van der Waals surface area (Å²) in [6.07, 6.45) is 1.37. The number of imidazole rings is 1. The number of fused-ring (bicyclic) bond motifs is 1. The number of nitrogens with zero attached hydrogens (tertiary/aromatic N) is 5. The lowest BCUT2D eigenvalue weighted by Crippen LogP contribution is -2.13. The van der Waals surface area contributed by atoms with Crippen molar-refractivity contribution in [3.05, 3.63) is 35.9 Å². The van der Waals surface area contributed by atoms with Gasteiger partial charge >= 0.3 is 0 Å². The average molecular weight is 322 g/mol. The van der Waals surface area contributed by atoms with Crippen LogP contribution >= 0.6 is 0 Å². The van der Waals surface area contributed by atoms with Crippen molar-refractivity contribution in [2.45, 2.75) is 20.8 Å². The van der Waals surface area contributed by atoms with Gasteiger partial charge in [0.25, 0.3) is 0 Å². The molecule has 0 aliphatic carbocycles. The van der Waals surface area contributed by atoms with Gasteiger partial charge in [0, 0.05) is 11.0 Å². The molecule has 0 saturated carbocycles. The molecular weight excluding hydrogens is 304 g/mol. The lowest BCUT2D eigenvalue weighted by atomic mass is 9.95. The van der Waals surface area contributed by atoms with Crippen LogP contribution in [0, 0.1) is 24.2 Å². The molecule has 0 atom stereocenters. The number of rotatable bonds is 2. The number of benzene rings is 1. The minimum Gasteiger partial charge on any atom is -0.395 e. The van der Waals surface area contributed by atoms with Gasteiger partial charge in [-0.2, -0.15) is 4.98 Å². The molecule has 2 aromatic heterocycles. The van der Waals surface area contributed by atoms with E-state index >= 15 is 0 Å². The maximum absolute atomic E-state index is 9.32. The molecule has 0 fully saturated rings. The van der Waals surface area contributed by atoms with Crippen LogP contribution in [0.15, 0.2) is 24.5 Å². The van der Waals surface area contributed by atoms with Crippen LogP contribution in [0.25, 0.3) is 17.0 Å². The second-order valence-corrected chi connectivity index (χ2v) is 6.13. The molecule has 0 unspecified atom stereocenters. The number of hydrogen-bond donors (Lipinski definition) is 2. The van der Waals surface area contributed by atoms with Gasteiger partial charge in [0.2, 0.25) is 11.9 Å². The highest BCUT2D eigenvalue weighted by Gasteiger charge is 2.13. The first kappa shape index (κ1) is 15.9. The maximum Gasteiger partial charge on any atom is 0.240 e. The predicted molar refractivity (Wildman–Crippen MR) is 91.3 cm³/mol. The van der Waals surface area contributed by atoms with Gasteiger partial charge in [-0.25, -0.2) is 15.0 Å². The fourth-order valence-electron chi connectivity index (χ4n) is 2.21. The average Bonchev–Trinajstić information content (AvgIpc) is 2.88. The summed E-state index contributed by atoms with van der Waals surface area (Å²) in [6, 6.07) is 5.73. The molecule has 1 aromatic carbocycles. The molecule has 0 aliphatic heterocycles. The van der Waals surface area contributed by atoms with E-state index < -0.39 is 5.41 Å². The third-order valence-electron chi connectivity index (χ3n) is 3.54. The SMILES string of the molecule is Cc1nc2ccc(C#CC(C)(C)CO)cc2n1-c1ncnc(N)n1. The topological polar surface area (TPSA) is 103 Å². The summed E-state index contributed by atoms with van der Waals surface area (Å²) in [5.74, 6) is 7.49. The number of anilines is 1. The van der Waals surface area contributed by atoms with Crippen molar-refractivity contribution < 1.29 is 5.11 Å². The van der Waals surface area contributed by atoms with E-state index in [0.29, 0.717) is 5.95 Å². The van der Waals surface area contributed by atoms with Gasteiger partial charge in [-0.1, -0.05) is 11.8 Å². The highest BCUT2D eigenvalue weighted by atomic mass is 16.3. The first-order chi connectivity index (χ1) is 11.4. The summed E-state index contributed by atoms with van der Waals surface area (Å²) < 4.78 is 1.82. The van der Waals surface area contributed by atoms with Crippen LogP contribution in [0.3, 0.4) is 0 Å². The van der Waals surface area contributed by atoms with Crippen LogP contribution in [0.2, 0.25) is 0 Å². The Morgan fingerprint density at radius 3 is 2.75 bits per heavy atom. The number of aliphatic hydroxyl groups is 1. The van der Waals surface area contributed by atoms with Crippen molar-refractivity contribution in [1.82, 2.24) is 24.5 Å². The van der Waals surface area contributed by atoms with Crippen molar-refractivity contribution in [2.75, 3.05) is 12.3 Å². The Hall–Kier alpha value is -2.98. The fraction of sp³-hybridized carbons (Fsp3) is 0.294. The lowest BCUT2D eigenvalue weighted by molar-refractivity contribution is 0.206. The molecule has 3 N–H and O–H groups in total. The largest absolute Gasteiger partial charge is 0.395 e. The van der Waals surface area contributed by atoms with E-state index in [9.17, 15) is 5.11 Å². The van der Waals surface area contributed by atoms with E-state index in [1.54, 1.807) is 0 Å². The normalized spacial score (nSPS) is 11.3. The molecule has 0 bridgehead atoms. The molecule has 3 aromatic rings. The number of nitrogen functional groups attached to an aromatic ring is 1. The quantitative estimate of drug-likeness (QED) is 0.693. The maximum atomic E-state index is 9.32. The fourth-order valence-corrected chi connectivity index (χ4v) is 2.21. The van der Waals surface area contributed by atoms with Crippen LogP contribution in [-0.2, 0) is 0 Å². The second-order valence-electron chi connectivity index (χ2n) is 6.13. The third kappa shape index (κ3) is 3.05. The van der Waals surface area contributed by atoms with Crippen LogP contribution in [-0.4, -0.2) is 36.2 Å². The highest BCUT2D eigenvalue weighted by Crippen LogP contribution is 2.21. The number of hydrogen-bond acceptors (Lipinski definition) is 6. The van der Waals surface area contributed by atoms with Crippen LogP contribution in [0.4, 0.5) is 5.95 Å². The van der Waals surface area contributed by atoms with E-state index in [1.165, 1.54) is 6.33 Å². The number of aryl methyl sites for hydroxylation is 1. The molecule has 7 heteroatoms. The monoisotopic (exact) mass is 322 g/mol. The van der Waals surface area contributed by atoms with E-state index in [0.717, 1.165) is 22.4 Å². The third-order valence-corrected chi connectivity index (χ3v) is 3.54. The molecule has 0 radical (unpaired) electrons. The smallest absolute Gasteiger partial charge is 0.240 e.